The zero-order chi connectivity index (χ0) is 17.6. The summed E-state index contributed by atoms with van der Waals surface area (Å²) in [6.45, 7) is 1.55. The number of hydrogen-bond acceptors (Lipinski definition) is 3. The van der Waals surface area contributed by atoms with E-state index in [0.29, 0.717) is 13.1 Å². The molecule has 140 valence electrons. The third-order valence-electron chi connectivity index (χ3n) is 4.77. The lowest BCUT2D eigenvalue weighted by molar-refractivity contribution is -0.131. The summed E-state index contributed by atoms with van der Waals surface area (Å²) < 4.78 is 13.0. The quantitative estimate of drug-likeness (QED) is 0.835. The topological polar surface area (TPSA) is 52.6 Å². The molecule has 0 aromatic heterocycles. The van der Waals surface area contributed by atoms with Crippen LogP contribution in [0, 0.1) is 11.7 Å². The van der Waals surface area contributed by atoms with Crippen molar-refractivity contribution in [1.29, 1.82) is 0 Å². The Labute approximate surface area is 159 Å². The van der Waals surface area contributed by atoms with E-state index in [0.717, 1.165) is 24.1 Å². The van der Waals surface area contributed by atoms with Crippen LogP contribution >= 0.6 is 12.4 Å². The minimum Gasteiger partial charge on any atom is -0.388 e. The van der Waals surface area contributed by atoms with E-state index in [9.17, 15) is 14.3 Å². The summed E-state index contributed by atoms with van der Waals surface area (Å²) in [5.41, 5.74) is 1.66. The molecule has 2 N–H and O–H groups in total. The van der Waals surface area contributed by atoms with E-state index in [1.807, 2.05) is 35.2 Å². The van der Waals surface area contributed by atoms with Gasteiger partial charge < -0.3 is 15.3 Å². The van der Waals surface area contributed by atoms with Gasteiger partial charge in [0, 0.05) is 18.8 Å². The van der Waals surface area contributed by atoms with Crippen molar-refractivity contribution in [3.05, 3.63) is 66.0 Å². The van der Waals surface area contributed by atoms with Crippen molar-refractivity contribution in [3.63, 3.8) is 0 Å². The molecule has 3 rings (SSSR count). The highest BCUT2D eigenvalue weighted by Crippen LogP contribution is 2.30. The smallest absolute Gasteiger partial charge is 0.241 e. The SMILES string of the molecule is Cl.O=C(CNc1ccccc1)N1CCC(C(O)c2ccc(F)cc2)CC1. The minimum absolute atomic E-state index is 0. The predicted octanol–water partition coefficient (Wildman–Crippen LogP) is 3.63. The van der Waals surface area contributed by atoms with E-state index in [1.54, 1.807) is 12.1 Å². The number of hydrogen-bond donors (Lipinski definition) is 2. The number of amides is 1. The Hall–Kier alpha value is -2.11. The molecule has 1 fully saturated rings. The lowest BCUT2D eigenvalue weighted by atomic mass is 9.87. The van der Waals surface area contributed by atoms with E-state index < -0.39 is 6.10 Å². The fourth-order valence-electron chi connectivity index (χ4n) is 3.24. The first-order chi connectivity index (χ1) is 12.1. The summed E-state index contributed by atoms with van der Waals surface area (Å²) in [6, 6.07) is 15.6. The fraction of sp³-hybridized carbons (Fsp3) is 0.350. The Morgan fingerprint density at radius 2 is 1.73 bits per heavy atom. The van der Waals surface area contributed by atoms with Gasteiger partial charge in [0.1, 0.15) is 5.82 Å². The maximum absolute atomic E-state index is 13.0. The second-order valence-corrected chi connectivity index (χ2v) is 6.43. The van der Waals surface area contributed by atoms with Crippen molar-refractivity contribution >= 4 is 24.0 Å². The Bertz CT molecular complexity index is 689. The number of nitrogens with zero attached hydrogens (tertiary/aromatic N) is 1. The van der Waals surface area contributed by atoms with Crippen LogP contribution in [0.5, 0.6) is 0 Å². The average Bonchev–Trinajstić information content (AvgIpc) is 2.67. The summed E-state index contributed by atoms with van der Waals surface area (Å²) >= 11 is 0. The summed E-state index contributed by atoms with van der Waals surface area (Å²) in [6.07, 6.45) is 0.880. The molecule has 2 aromatic carbocycles. The van der Waals surface area contributed by atoms with Crippen LogP contribution in [-0.4, -0.2) is 35.5 Å². The molecule has 0 bridgehead atoms. The minimum atomic E-state index is -0.611. The number of anilines is 1. The first kappa shape index (κ1) is 20.2. The molecule has 1 heterocycles. The molecule has 26 heavy (non-hydrogen) atoms. The number of nitrogens with one attached hydrogen (secondary N) is 1. The van der Waals surface area contributed by atoms with Gasteiger partial charge in [0.15, 0.2) is 0 Å². The van der Waals surface area contributed by atoms with E-state index in [2.05, 4.69) is 5.32 Å². The van der Waals surface area contributed by atoms with Gasteiger partial charge in [0.25, 0.3) is 0 Å². The molecule has 6 heteroatoms. The average molecular weight is 379 g/mol. The molecule has 1 aliphatic heterocycles. The summed E-state index contributed by atoms with van der Waals surface area (Å²) in [5.74, 6) is -0.141. The molecular weight excluding hydrogens is 355 g/mol. The van der Waals surface area contributed by atoms with E-state index >= 15 is 0 Å². The van der Waals surface area contributed by atoms with Gasteiger partial charge in [-0.1, -0.05) is 30.3 Å². The molecule has 1 amide bonds. The van der Waals surface area contributed by atoms with Crippen LogP contribution in [0.1, 0.15) is 24.5 Å². The van der Waals surface area contributed by atoms with Crippen LogP contribution in [0.3, 0.4) is 0 Å². The number of para-hydroxylation sites is 1. The summed E-state index contributed by atoms with van der Waals surface area (Å²) in [4.78, 5) is 14.2. The van der Waals surface area contributed by atoms with Gasteiger partial charge in [-0.05, 0) is 48.6 Å². The van der Waals surface area contributed by atoms with E-state index in [4.69, 9.17) is 0 Å². The molecule has 0 saturated carbocycles. The molecule has 1 aliphatic rings. The Morgan fingerprint density at radius 3 is 2.35 bits per heavy atom. The predicted molar refractivity (Wildman–Crippen MR) is 103 cm³/mol. The van der Waals surface area contributed by atoms with Crippen molar-refractivity contribution in [2.75, 3.05) is 25.0 Å². The van der Waals surface area contributed by atoms with Crippen molar-refractivity contribution in [2.24, 2.45) is 5.92 Å². The molecule has 2 aromatic rings. The molecule has 1 atom stereocenters. The number of likely N-dealkylation sites (tertiary alicyclic amines) is 1. The van der Waals surface area contributed by atoms with E-state index in [1.165, 1.54) is 12.1 Å². The Balaban J connectivity index is 0.00000243. The second kappa shape index (κ2) is 9.55. The lowest BCUT2D eigenvalue weighted by Crippen LogP contribution is -2.42. The third-order valence-corrected chi connectivity index (χ3v) is 4.77. The molecule has 1 saturated heterocycles. The van der Waals surface area contributed by atoms with Crippen LogP contribution in [-0.2, 0) is 4.79 Å². The summed E-state index contributed by atoms with van der Waals surface area (Å²) in [5, 5.41) is 13.6. The van der Waals surface area contributed by atoms with Gasteiger partial charge in [-0.15, -0.1) is 12.4 Å². The van der Waals surface area contributed by atoms with Crippen LogP contribution in [0.25, 0.3) is 0 Å². The standard InChI is InChI=1S/C20H23FN2O2.ClH/c21-17-8-6-15(7-9-17)20(25)16-10-12-23(13-11-16)19(24)14-22-18-4-2-1-3-5-18;/h1-9,16,20,22,25H,10-14H2;1H. The van der Waals surface area contributed by atoms with Crippen molar-refractivity contribution in [3.8, 4) is 0 Å². The zero-order valence-corrected chi connectivity index (χ0v) is 15.3. The largest absolute Gasteiger partial charge is 0.388 e. The molecule has 0 spiro atoms. The molecule has 4 nitrogen and oxygen atoms in total. The van der Waals surface area contributed by atoms with Crippen LogP contribution in [0.15, 0.2) is 54.6 Å². The summed E-state index contributed by atoms with van der Waals surface area (Å²) in [7, 11) is 0. The number of carbonyl (C=O) groups excluding carboxylic acids is 1. The van der Waals surface area contributed by atoms with Gasteiger partial charge in [-0.25, -0.2) is 4.39 Å². The number of benzene rings is 2. The van der Waals surface area contributed by atoms with Gasteiger partial charge in [-0.3, -0.25) is 4.79 Å². The number of halogens is 2. The van der Waals surface area contributed by atoms with Gasteiger partial charge >= 0.3 is 0 Å². The van der Waals surface area contributed by atoms with Crippen LogP contribution in [0.2, 0.25) is 0 Å². The Kier molecular flexibility index (Phi) is 7.42. The van der Waals surface area contributed by atoms with Crippen molar-refractivity contribution in [1.82, 2.24) is 4.90 Å². The van der Waals surface area contributed by atoms with Crippen LogP contribution < -0.4 is 5.32 Å². The fourth-order valence-corrected chi connectivity index (χ4v) is 3.24. The highest BCUT2D eigenvalue weighted by Gasteiger charge is 2.28. The number of rotatable bonds is 5. The monoisotopic (exact) mass is 378 g/mol. The maximum atomic E-state index is 13.0. The first-order valence-electron chi connectivity index (χ1n) is 8.64. The normalized spacial score (nSPS) is 15.8. The number of carbonyl (C=O) groups is 1. The maximum Gasteiger partial charge on any atom is 0.241 e. The number of aliphatic hydroxyl groups is 1. The van der Waals surface area contributed by atoms with Crippen molar-refractivity contribution in [2.45, 2.75) is 18.9 Å². The second-order valence-electron chi connectivity index (χ2n) is 6.43. The lowest BCUT2D eigenvalue weighted by Gasteiger charge is -2.34. The van der Waals surface area contributed by atoms with Crippen molar-refractivity contribution < 1.29 is 14.3 Å². The molecular formula is C20H24ClFN2O2. The van der Waals surface area contributed by atoms with Gasteiger partial charge in [0.05, 0.1) is 12.6 Å². The molecule has 0 aliphatic carbocycles. The van der Waals surface area contributed by atoms with Gasteiger partial charge in [-0.2, -0.15) is 0 Å². The highest BCUT2D eigenvalue weighted by molar-refractivity contribution is 5.85. The Morgan fingerprint density at radius 1 is 1.12 bits per heavy atom. The number of piperidine rings is 1. The first-order valence-corrected chi connectivity index (χ1v) is 8.64. The molecule has 0 radical (unpaired) electrons. The number of aliphatic hydroxyl groups excluding tert-OH is 1. The zero-order valence-electron chi connectivity index (χ0n) is 14.5. The van der Waals surface area contributed by atoms with Crippen LogP contribution in [0.4, 0.5) is 10.1 Å². The van der Waals surface area contributed by atoms with E-state index in [-0.39, 0.29) is 36.6 Å². The third kappa shape index (κ3) is 5.19. The highest BCUT2D eigenvalue weighted by atomic mass is 35.5. The van der Waals surface area contributed by atoms with Gasteiger partial charge in [0.2, 0.25) is 5.91 Å². The molecule has 1 unspecified atom stereocenters.